The van der Waals surface area contributed by atoms with Crippen molar-refractivity contribution in [3.8, 4) is 0 Å². The fourth-order valence-electron chi connectivity index (χ4n) is 3.43. The largest absolute Gasteiger partial charge is 0.388 e. The fraction of sp³-hybridized carbons (Fsp3) is 0.333. The van der Waals surface area contributed by atoms with Crippen LogP contribution in [0.4, 0.5) is 0 Å². The molecule has 4 rings (SSSR count). The van der Waals surface area contributed by atoms with E-state index in [0.717, 1.165) is 11.3 Å². The van der Waals surface area contributed by atoms with E-state index in [4.69, 9.17) is 0 Å². The number of hydrogen-bond acceptors (Lipinski definition) is 3. The molecule has 0 aliphatic heterocycles. The van der Waals surface area contributed by atoms with Crippen LogP contribution in [-0.4, -0.2) is 5.11 Å². The van der Waals surface area contributed by atoms with Gasteiger partial charge in [0.1, 0.15) is 0 Å². The van der Waals surface area contributed by atoms with Crippen molar-refractivity contribution in [2.75, 3.05) is 0 Å². The smallest absolute Gasteiger partial charge is 0.0888 e. The third kappa shape index (κ3) is 2.54. The average molecular weight is 314 g/mol. The molecule has 1 N–H and O–H groups in total. The summed E-state index contributed by atoms with van der Waals surface area (Å²) in [5.74, 6) is 0.505. The number of aryl methyl sites for hydroxylation is 1. The molecule has 3 aromatic rings. The average Bonchev–Trinajstić information content (AvgIpc) is 3.09. The summed E-state index contributed by atoms with van der Waals surface area (Å²) in [6.45, 7) is 0. The summed E-state index contributed by atoms with van der Waals surface area (Å²) in [6.07, 6.45) is 4.16. The Kier molecular flexibility index (Phi) is 3.57. The highest BCUT2D eigenvalue weighted by molar-refractivity contribution is 7.26. The summed E-state index contributed by atoms with van der Waals surface area (Å²) in [5.41, 5.74) is 2.94. The number of aliphatic hydroxyl groups excluding tert-OH is 1. The molecule has 21 heavy (non-hydrogen) atoms. The van der Waals surface area contributed by atoms with Gasteiger partial charge in [-0.15, -0.1) is 22.7 Å². The second-order valence-corrected chi connectivity index (χ2v) is 7.90. The minimum Gasteiger partial charge on any atom is -0.388 e. The van der Waals surface area contributed by atoms with Gasteiger partial charge in [0.15, 0.2) is 0 Å². The maximum absolute atomic E-state index is 10.6. The summed E-state index contributed by atoms with van der Waals surface area (Å²) >= 11 is 3.50. The highest BCUT2D eigenvalue weighted by atomic mass is 32.1. The van der Waals surface area contributed by atoms with Crippen molar-refractivity contribution < 1.29 is 5.11 Å². The molecule has 1 nitrogen and oxygen atoms in total. The van der Waals surface area contributed by atoms with Crippen LogP contribution < -0.4 is 0 Å². The molecule has 2 aromatic heterocycles. The Morgan fingerprint density at radius 2 is 2.10 bits per heavy atom. The first-order valence-corrected chi connectivity index (χ1v) is 9.23. The van der Waals surface area contributed by atoms with E-state index < -0.39 is 0 Å². The molecule has 0 radical (unpaired) electrons. The lowest BCUT2D eigenvalue weighted by Crippen LogP contribution is -2.12. The van der Waals surface area contributed by atoms with Gasteiger partial charge in [0.2, 0.25) is 0 Å². The first-order chi connectivity index (χ1) is 10.3. The molecule has 2 unspecified atom stereocenters. The zero-order chi connectivity index (χ0) is 14.2. The predicted octanol–water partition coefficient (Wildman–Crippen LogP) is 5.51. The van der Waals surface area contributed by atoms with Crippen molar-refractivity contribution in [3.63, 3.8) is 0 Å². The van der Waals surface area contributed by atoms with E-state index in [1.54, 1.807) is 22.7 Å². The van der Waals surface area contributed by atoms with Crippen LogP contribution in [0.5, 0.6) is 0 Å². The molecule has 2 heterocycles. The number of thiophene rings is 2. The molecule has 1 aliphatic rings. The van der Waals surface area contributed by atoms with Crippen molar-refractivity contribution >= 4 is 32.1 Å². The molecule has 1 aromatic carbocycles. The Bertz CT molecular complexity index is 727. The quantitative estimate of drug-likeness (QED) is 0.676. The zero-order valence-electron chi connectivity index (χ0n) is 11.8. The van der Waals surface area contributed by atoms with Gasteiger partial charge >= 0.3 is 0 Å². The van der Waals surface area contributed by atoms with Gasteiger partial charge < -0.3 is 5.11 Å². The third-order valence-corrected chi connectivity index (χ3v) is 6.68. The fourth-order valence-corrected chi connectivity index (χ4v) is 5.55. The van der Waals surface area contributed by atoms with Crippen molar-refractivity contribution in [2.45, 2.75) is 37.7 Å². The molecular weight excluding hydrogens is 296 g/mol. The van der Waals surface area contributed by atoms with Crippen LogP contribution >= 0.6 is 22.7 Å². The van der Waals surface area contributed by atoms with Crippen LogP contribution in [0.15, 0.2) is 41.8 Å². The summed E-state index contributed by atoms with van der Waals surface area (Å²) < 4.78 is 2.61. The number of rotatable bonds is 3. The normalized spacial score (nSPS) is 19.6. The maximum atomic E-state index is 10.6. The van der Waals surface area contributed by atoms with Crippen LogP contribution in [0.3, 0.4) is 0 Å². The Balaban J connectivity index is 1.57. The highest BCUT2D eigenvalue weighted by Gasteiger charge is 2.24. The lowest BCUT2D eigenvalue weighted by molar-refractivity contribution is 0.157. The third-order valence-electron chi connectivity index (χ3n) is 4.49. The van der Waals surface area contributed by atoms with Gasteiger partial charge in [-0.05, 0) is 60.2 Å². The summed E-state index contributed by atoms with van der Waals surface area (Å²) in [4.78, 5) is 1.12. The predicted molar refractivity (Wildman–Crippen MR) is 91.4 cm³/mol. The van der Waals surface area contributed by atoms with E-state index in [1.165, 1.54) is 39.8 Å². The van der Waals surface area contributed by atoms with Crippen molar-refractivity contribution in [1.29, 1.82) is 0 Å². The van der Waals surface area contributed by atoms with Crippen LogP contribution in [-0.2, 0) is 6.42 Å². The molecule has 0 fully saturated rings. The molecule has 2 atom stereocenters. The van der Waals surface area contributed by atoms with E-state index in [2.05, 4.69) is 41.8 Å². The molecule has 108 valence electrons. The first-order valence-electron chi connectivity index (χ1n) is 7.54. The Labute approximate surface area is 132 Å². The minimum atomic E-state index is -0.328. The van der Waals surface area contributed by atoms with Crippen LogP contribution in [0, 0.1) is 0 Å². The SMILES string of the molecule is OC(CC1CCCc2ccccc21)c1cc2sccc2s1. The molecular formula is C18H18OS2. The molecule has 0 saturated heterocycles. The topological polar surface area (TPSA) is 20.2 Å². The van der Waals surface area contributed by atoms with Gasteiger partial charge in [0.25, 0.3) is 0 Å². The Morgan fingerprint density at radius 1 is 1.19 bits per heavy atom. The van der Waals surface area contributed by atoms with Crippen molar-refractivity contribution in [3.05, 3.63) is 57.8 Å². The minimum absolute atomic E-state index is 0.328. The van der Waals surface area contributed by atoms with Crippen LogP contribution in [0.25, 0.3) is 9.40 Å². The zero-order valence-corrected chi connectivity index (χ0v) is 13.4. The standard InChI is InChI=1S/C18H18OS2/c19-15(17-11-18-16(21-17)8-9-20-18)10-13-6-3-5-12-4-1-2-7-14(12)13/h1-2,4,7-9,11,13,15,19H,3,5-6,10H2. The molecule has 3 heteroatoms. The van der Waals surface area contributed by atoms with Crippen LogP contribution in [0.2, 0.25) is 0 Å². The number of fused-ring (bicyclic) bond motifs is 2. The van der Waals surface area contributed by atoms with Gasteiger partial charge in [-0.2, -0.15) is 0 Å². The van der Waals surface area contributed by atoms with Gasteiger partial charge in [-0.1, -0.05) is 24.3 Å². The van der Waals surface area contributed by atoms with E-state index in [0.29, 0.717) is 5.92 Å². The molecule has 0 saturated carbocycles. The summed E-state index contributed by atoms with van der Waals surface area (Å²) in [5, 5.41) is 12.8. The molecule has 1 aliphatic carbocycles. The lowest BCUT2D eigenvalue weighted by atomic mass is 9.80. The van der Waals surface area contributed by atoms with Crippen LogP contribution in [0.1, 0.15) is 47.3 Å². The van der Waals surface area contributed by atoms with Crippen molar-refractivity contribution in [2.24, 2.45) is 0 Å². The Hall–Kier alpha value is -1.16. The number of aliphatic hydroxyl groups is 1. The number of benzene rings is 1. The molecule has 0 spiro atoms. The second kappa shape index (κ2) is 5.56. The second-order valence-electron chi connectivity index (χ2n) is 5.84. The van der Waals surface area contributed by atoms with Crippen molar-refractivity contribution in [1.82, 2.24) is 0 Å². The van der Waals surface area contributed by atoms with Gasteiger partial charge in [-0.25, -0.2) is 0 Å². The van der Waals surface area contributed by atoms with Gasteiger partial charge in [-0.3, -0.25) is 0 Å². The summed E-state index contributed by atoms with van der Waals surface area (Å²) in [7, 11) is 0. The monoisotopic (exact) mass is 314 g/mol. The number of hydrogen-bond donors (Lipinski definition) is 1. The van der Waals surface area contributed by atoms with Gasteiger partial charge in [0.05, 0.1) is 6.10 Å². The summed E-state index contributed by atoms with van der Waals surface area (Å²) in [6, 6.07) is 13.1. The Morgan fingerprint density at radius 3 is 3.00 bits per heavy atom. The van der Waals surface area contributed by atoms with Gasteiger partial charge in [0, 0.05) is 14.3 Å². The van der Waals surface area contributed by atoms with E-state index in [-0.39, 0.29) is 6.10 Å². The maximum Gasteiger partial charge on any atom is 0.0888 e. The lowest BCUT2D eigenvalue weighted by Gasteiger charge is -2.27. The molecule has 0 amide bonds. The van der Waals surface area contributed by atoms with E-state index >= 15 is 0 Å². The highest BCUT2D eigenvalue weighted by Crippen LogP contribution is 2.40. The first kappa shape index (κ1) is 13.5. The van der Waals surface area contributed by atoms with E-state index in [9.17, 15) is 5.11 Å². The molecule has 0 bridgehead atoms. The van der Waals surface area contributed by atoms with E-state index in [1.807, 2.05) is 0 Å².